The molecule has 1 heterocycles. The molecule has 0 amide bonds. The molecule has 0 aromatic carbocycles. The average molecular weight is 250 g/mol. The third-order valence-corrected chi connectivity index (χ3v) is 3.59. The van der Waals surface area contributed by atoms with E-state index >= 15 is 0 Å². The number of Topliss-reactive ketones (excluding diaryl/α,β-unsaturated/α-hetero) is 1. The van der Waals surface area contributed by atoms with Gasteiger partial charge in [0, 0.05) is 32.2 Å². The first-order chi connectivity index (χ1) is 8.58. The van der Waals surface area contributed by atoms with Gasteiger partial charge in [0.05, 0.1) is 11.8 Å². The van der Waals surface area contributed by atoms with Crippen molar-refractivity contribution in [3.63, 3.8) is 0 Å². The molecular formula is C14H22N2O2. The number of hydrogen-bond donors (Lipinski definition) is 0. The first-order valence-corrected chi connectivity index (χ1v) is 6.71. The molecule has 100 valence electrons. The Morgan fingerprint density at radius 1 is 1.56 bits per heavy atom. The SMILES string of the molecule is CCOC1CC(CC(=O)Cc2cc(C)nn2C)C1. The van der Waals surface area contributed by atoms with Gasteiger partial charge in [-0.1, -0.05) is 0 Å². The molecule has 0 spiro atoms. The van der Waals surface area contributed by atoms with Gasteiger partial charge in [-0.3, -0.25) is 9.48 Å². The second kappa shape index (κ2) is 5.65. The van der Waals surface area contributed by atoms with E-state index in [-0.39, 0.29) is 0 Å². The van der Waals surface area contributed by atoms with Gasteiger partial charge in [-0.2, -0.15) is 5.10 Å². The first-order valence-electron chi connectivity index (χ1n) is 6.71. The summed E-state index contributed by atoms with van der Waals surface area (Å²) in [4.78, 5) is 12.0. The highest BCUT2D eigenvalue weighted by Crippen LogP contribution is 2.33. The number of hydrogen-bond acceptors (Lipinski definition) is 3. The van der Waals surface area contributed by atoms with Gasteiger partial charge in [0.25, 0.3) is 0 Å². The highest BCUT2D eigenvalue weighted by atomic mass is 16.5. The Kier molecular flexibility index (Phi) is 4.17. The Morgan fingerprint density at radius 2 is 2.28 bits per heavy atom. The zero-order valence-corrected chi connectivity index (χ0v) is 11.5. The Balaban J connectivity index is 1.75. The van der Waals surface area contributed by atoms with Crippen LogP contribution >= 0.6 is 0 Å². The second-order valence-electron chi connectivity index (χ2n) is 5.24. The van der Waals surface area contributed by atoms with Crippen molar-refractivity contribution in [2.45, 2.75) is 45.6 Å². The van der Waals surface area contributed by atoms with Gasteiger partial charge >= 0.3 is 0 Å². The zero-order chi connectivity index (χ0) is 13.1. The van der Waals surface area contributed by atoms with Crippen LogP contribution in [0.1, 0.15) is 37.6 Å². The quantitative estimate of drug-likeness (QED) is 0.776. The fourth-order valence-electron chi connectivity index (χ4n) is 2.64. The van der Waals surface area contributed by atoms with Crippen LogP contribution in [0.5, 0.6) is 0 Å². The molecule has 0 aliphatic heterocycles. The minimum absolute atomic E-state index is 0.318. The lowest BCUT2D eigenvalue weighted by Gasteiger charge is -2.34. The molecule has 2 rings (SSSR count). The normalized spacial score (nSPS) is 22.8. The van der Waals surface area contributed by atoms with Crippen LogP contribution in [0.15, 0.2) is 6.07 Å². The molecule has 0 bridgehead atoms. The fourth-order valence-corrected chi connectivity index (χ4v) is 2.64. The number of ketones is 1. The van der Waals surface area contributed by atoms with Gasteiger partial charge in [0.15, 0.2) is 0 Å². The topological polar surface area (TPSA) is 44.1 Å². The van der Waals surface area contributed by atoms with Crippen LogP contribution in [0.25, 0.3) is 0 Å². The van der Waals surface area contributed by atoms with Crippen LogP contribution in [-0.2, 0) is 23.0 Å². The lowest BCUT2D eigenvalue weighted by molar-refractivity contribution is -0.121. The van der Waals surface area contributed by atoms with E-state index in [1.165, 1.54) is 0 Å². The molecule has 1 aliphatic rings. The lowest BCUT2D eigenvalue weighted by Crippen LogP contribution is -2.33. The molecule has 4 nitrogen and oxygen atoms in total. The van der Waals surface area contributed by atoms with E-state index in [9.17, 15) is 4.79 Å². The highest BCUT2D eigenvalue weighted by Gasteiger charge is 2.31. The first kappa shape index (κ1) is 13.3. The number of ether oxygens (including phenoxy) is 1. The summed E-state index contributed by atoms with van der Waals surface area (Å²) in [6.45, 7) is 4.75. The molecule has 1 aromatic heterocycles. The summed E-state index contributed by atoms with van der Waals surface area (Å²) in [5.74, 6) is 0.848. The van der Waals surface area contributed by atoms with Gasteiger partial charge in [0.1, 0.15) is 5.78 Å². The van der Waals surface area contributed by atoms with Crippen molar-refractivity contribution < 1.29 is 9.53 Å². The second-order valence-corrected chi connectivity index (χ2v) is 5.24. The molecule has 18 heavy (non-hydrogen) atoms. The van der Waals surface area contributed by atoms with E-state index in [0.717, 1.165) is 30.8 Å². The highest BCUT2D eigenvalue weighted by molar-refractivity contribution is 5.80. The van der Waals surface area contributed by atoms with Crippen molar-refractivity contribution >= 4 is 5.78 Å². The van der Waals surface area contributed by atoms with Crippen molar-refractivity contribution in [3.05, 3.63) is 17.5 Å². The van der Waals surface area contributed by atoms with Crippen molar-refractivity contribution in [2.24, 2.45) is 13.0 Å². The van der Waals surface area contributed by atoms with Crippen molar-refractivity contribution in [3.8, 4) is 0 Å². The smallest absolute Gasteiger partial charge is 0.139 e. The van der Waals surface area contributed by atoms with Crippen LogP contribution in [0.2, 0.25) is 0 Å². The maximum atomic E-state index is 12.0. The Labute approximate surface area is 108 Å². The lowest BCUT2D eigenvalue weighted by atomic mass is 9.78. The standard InChI is InChI=1S/C14H22N2O2/c1-4-18-14-7-11(8-14)6-13(17)9-12-5-10(2)15-16(12)3/h5,11,14H,4,6-9H2,1-3H3. The maximum absolute atomic E-state index is 12.0. The minimum atomic E-state index is 0.318. The summed E-state index contributed by atoms with van der Waals surface area (Å²) >= 11 is 0. The number of carbonyl (C=O) groups excluding carboxylic acids is 1. The third-order valence-electron chi connectivity index (χ3n) is 3.59. The van der Waals surface area contributed by atoms with Crippen LogP contribution in [0, 0.1) is 12.8 Å². The molecule has 1 aromatic rings. The van der Waals surface area contributed by atoms with Crippen LogP contribution in [0.4, 0.5) is 0 Å². The van der Waals surface area contributed by atoms with Gasteiger partial charge in [0.2, 0.25) is 0 Å². The summed E-state index contributed by atoms with van der Waals surface area (Å²) in [5, 5.41) is 4.26. The van der Waals surface area contributed by atoms with Crippen molar-refractivity contribution in [2.75, 3.05) is 6.61 Å². The molecular weight excluding hydrogens is 228 g/mol. The Hall–Kier alpha value is -1.16. The predicted octanol–water partition coefficient (Wildman–Crippen LogP) is 2.05. The van der Waals surface area contributed by atoms with Gasteiger partial charge in [-0.25, -0.2) is 0 Å². The Morgan fingerprint density at radius 3 is 2.83 bits per heavy atom. The van der Waals surface area contributed by atoms with Gasteiger partial charge < -0.3 is 4.74 Å². The van der Waals surface area contributed by atoms with Crippen LogP contribution in [-0.4, -0.2) is 28.3 Å². The molecule has 0 saturated heterocycles. The summed E-state index contributed by atoms with van der Waals surface area (Å²) in [6.07, 6.45) is 3.68. The minimum Gasteiger partial charge on any atom is -0.378 e. The summed E-state index contributed by atoms with van der Waals surface area (Å²) in [6, 6.07) is 1.99. The van der Waals surface area contributed by atoms with Crippen LogP contribution < -0.4 is 0 Å². The van der Waals surface area contributed by atoms with Crippen molar-refractivity contribution in [1.82, 2.24) is 9.78 Å². The molecule has 0 radical (unpaired) electrons. The van der Waals surface area contributed by atoms with Gasteiger partial charge in [-0.05, 0) is 38.7 Å². The maximum Gasteiger partial charge on any atom is 0.139 e. The monoisotopic (exact) mass is 250 g/mol. The van der Waals surface area contributed by atoms with E-state index in [0.29, 0.717) is 30.6 Å². The number of rotatable bonds is 6. The third kappa shape index (κ3) is 3.19. The zero-order valence-electron chi connectivity index (χ0n) is 11.5. The number of aryl methyl sites for hydroxylation is 2. The average Bonchev–Trinajstić information content (AvgIpc) is 2.54. The fraction of sp³-hybridized carbons (Fsp3) is 0.714. The molecule has 4 heteroatoms. The molecule has 1 aliphatic carbocycles. The number of aromatic nitrogens is 2. The van der Waals surface area contributed by atoms with Crippen LogP contribution in [0.3, 0.4) is 0 Å². The van der Waals surface area contributed by atoms with E-state index in [2.05, 4.69) is 5.10 Å². The largest absolute Gasteiger partial charge is 0.378 e. The van der Waals surface area contributed by atoms with E-state index in [1.807, 2.05) is 27.0 Å². The Bertz CT molecular complexity index is 419. The van der Waals surface area contributed by atoms with E-state index in [4.69, 9.17) is 4.74 Å². The predicted molar refractivity (Wildman–Crippen MR) is 69.4 cm³/mol. The molecule has 0 N–H and O–H groups in total. The molecule has 0 unspecified atom stereocenters. The molecule has 0 atom stereocenters. The summed E-state index contributed by atoms with van der Waals surface area (Å²) < 4.78 is 7.31. The summed E-state index contributed by atoms with van der Waals surface area (Å²) in [7, 11) is 1.89. The number of carbonyl (C=O) groups is 1. The van der Waals surface area contributed by atoms with E-state index in [1.54, 1.807) is 4.68 Å². The van der Waals surface area contributed by atoms with Crippen molar-refractivity contribution in [1.29, 1.82) is 0 Å². The summed E-state index contributed by atoms with van der Waals surface area (Å²) in [5.41, 5.74) is 1.98. The molecule has 1 fully saturated rings. The molecule has 1 saturated carbocycles. The van der Waals surface area contributed by atoms with Gasteiger partial charge in [-0.15, -0.1) is 0 Å². The van der Waals surface area contributed by atoms with E-state index < -0.39 is 0 Å². The number of nitrogens with zero attached hydrogens (tertiary/aromatic N) is 2.